The third kappa shape index (κ3) is 2.00. The predicted octanol–water partition coefficient (Wildman–Crippen LogP) is 2.85. The van der Waals surface area contributed by atoms with Gasteiger partial charge in [0.15, 0.2) is 0 Å². The molecule has 4 rings (SSSR count). The highest BCUT2D eigenvalue weighted by molar-refractivity contribution is 5.36. The Labute approximate surface area is 138 Å². The summed E-state index contributed by atoms with van der Waals surface area (Å²) < 4.78 is 5.88. The lowest BCUT2D eigenvalue weighted by Crippen LogP contribution is -2.54. The van der Waals surface area contributed by atoms with E-state index in [1.165, 1.54) is 5.57 Å². The minimum atomic E-state index is -0.370. The van der Waals surface area contributed by atoms with Crippen LogP contribution in [0.1, 0.15) is 33.1 Å². The molecule has 0 radical (unpaired) electrons. The fourth-order valence-electron chi connectivity index (χ4n) is 5.86. The molecule has 0 unspecified atom stereocenters. The van der Waals surface area contributed by atoms with Gasteiger partial charge >= 0.3 is 0 Å². The van der Waals surface area contributed by atoms with E-state index in [1.54, 1.807) is 7.11 Å². The van der Waals surface area contributed by atoms with E-state index >= 15 is 0 Å². The Kier molecular flexibility index (Phi) is 3.43. The predicted molar refractivity (Wildman–Crippen MR) is 89.7 cm³/mol. The molecule has 1 fully saturated rings. The van der Waals surface area contributed by atoms with Crippen molar-refractivity contribution in [3.05, 3.63) is 36.0 Å². The van der Waals surface area contributed by atoms with E-state index in [-0.39, 0.29) is 29.1 Å². The lowest BCUT2D eigenvalue weighted by atomic mass is 9.48. The van der Waals surface area contributed by atoms with Crippen LogP contribution in [-0.2, 0) is 4.74 Å². The average molecular weight is 316 g/mol. The quantitative estimate of drug-likeness (QED) is 0.731. The van der Waals surface area contributed by atoms with Crippen LogP contribution in [0.4, 0.5) is 0 Å². The molecule has 2 N–H and O–H groups in total. The van der Waals surface area contributed by atoms with Gasteiger partial charge in [0.05, 0.1) is 18.3 Å². The summed E-state index contributed by atoms with van der Waals surface area (Å²) >= 11 is 0. The Balaban J connectivity index is 1.79. The van der Waals surface area contributed by atoms with Gasteiger partial charge in [-0.2, -0.15) is 0 Å². The first-order valence-electron chi connectivity index (χ1n) is 8.88. The smallest absolute Gasteiger partial charge is 0.0792 e. The molecule has 0 spiro atoms. The summed E-state index contributed by atoms with van der Waals surface area (Å²) in [4.78, 5) is 0. The standard InChI is InChI=1S/C20H28O3/c1-19-8-6-13(21)10-12(19)11-16(23-3)18-14-4-5-17(22)20(14,2)9-7-15(18)19/h4-6,8,11,13-18,21-22H,7,9-10H2,1-3H3/t13-,14-,15-,16-,17-,18-,19-,20-/m0/s1. The molecule has 0 saturated heterocycles. The van der Waals surface area contributed by atoms with Crippen LogP contribution in [0.15, 0.2) is 36.0 Å². The van der Waals surface area contributed by atoms with Crippen LogP contribution >= 0.6 is 0 Å². The summed E-state index contributed by atoms with van der Waals surface area (Å²) in [7, 11) is 1.79. The highest BCUT2D eigenvalue weighted by Crippen LogP contribution is 2.62. The van der Waals surface area contributed by atoms with Crippen LogP contribution in [-0.4, -0.2) is 35.6 Å². The topological polar surface area (TPSA) is 49.7 Å². The first kappa shape index (κ1) is 15.6. The number of aliphatic hydroxyl groups is 2. The highest BCUT2D eigenvalue weighted by atomic mass is 16.5. The van der Waals surface area contributed by atoms with Gasteiger partial charge in [-0.3, -0.25) is 0 Å². The van der Waals surface area contributed by atoms with E-state index in [0.29, 0.717) is 17.8 Å². The van der Waals surface area contributed by atoms with Gasteiger partial charge < -0.3 is 14.9 Å². The van der Waals surface area contributed by atoms with E-state index in [4.69, 9.17) is 4.74 Å². The van der Waals surface area contributed by atoms with Gasteiger partial charge in [0.25, 0.3) is 0 Å². The van der Waals surface area contributed by atoms with Crippen molar-refractivity contribution in [3.8, 4) is 0 Å². The molecule has 126 valence electrons. The van der Waals surface area contributed by atoms with Crippen LogP contribution < -0.4 is 0 Å². The second-order valence-electron chi connectivity index (χ2n) is 8.39. The van der Waals surface area contributed by atoms with Gasteiger partial charge in [-0.15, -0.1) is 0 Å². The SMILES string of the molecule is CO[C@H]1C=C2C[C@@H](O)C=C[C@]2(C)[C@H]2CC[C@]3(C)[C@@H](O)C=C[C@H]3[C@H]12. The number of hydrogen-bond donors (Lipinski definition) is 2. The molecule has 4 aliphatic rings. The molecule has 8 atom stereocenters. The maximum absolute atomic E-state index is 10.5. The molecule has 4 aliphatic carbocycles. The molecule has 0 aromatic carbocycles. The fourth-order valence-corrected chi connectivity index (χ4v) is 5.86. The van der Waals surface area contributed by atoms with Crippen LogP contribution in [0.2, 0.25) is 0 Å². The minimum Gasteiger partial charge on any atom is -0.389 e. The van der Waals surface area contributed by atoms with E-state index in [2.05, 4.69) is 32.1 Å². The largest absolute Gasteiger partial charge is 0.389 e. The van der Waals surface area contributed by atoms with E-state index in [0.717, 1.165) is 19.3 Å². The Bertz CT molecular complexity index is 592. The average Bonchev–Trinajstić information content (AvgIpc) is 2.83. The van der Waals surface area contributed by atoms with Gasteiger partial charge in [-0.05, 0) is 37.0 Å². The molecule has 0 aliphatic heterocycles. The molecular formula is C20H28O3. The van der Waals surface area contributed by atoms with Gasteiger partial charge in [-0.25, -0.2) is 0 Å². The molecule has 0 aromatic rings. The monoisotopic (exact) mass is 316 g/mol. The summed E-state index contributed by atoms with van der Waals surface area (Å²) in [6, 6.07) is 0. The number of allylic oxidation sites excluding steroid dienone is 2. The summed E-state index contributed by atoms with van der Waals surface area (Å²) in [5.41, 5.74) is 1.28. The van der Waals surface area contributed by atoms with Crippen LogP contribution in [0.5, 0.6) is 0 Å². The second kappa shape index (κ2) is 5.05. The molecule has 0 amide bonds. The molecule has 0 heterocycles. The summed E-state index contributed by atoms with van der Waals surface area (Å²) in [5, 5.41) is 20.5. The van der Waals surface area contributed by atoms with Crippen molar-refractivity contribution >= 4 is 0 Å². The fraction of sp³-hybridized carbons (Fsp3) is 0.700. The van der Waals surface area contributed by atoms with E-state index in [9.17, 15) is 10.2 Å². The number of hydrogen-bond acceptors (Lipinski definition) is 3. The van der Waals surface area contributed by atoms with Gasteiger partial charge in [0.2, 0.25) is 0 Å². The molecule has 0 aromatic heterocycles. The van der Waals surface area contributed by atoms with E-state index < -0.39 is 0 Å². The molecular weight excluding hydrogens is 288 g/mol. The van der Waals surface area contributed by atoms with Crippen molar-refractivity contribution < 1.29 is 14.9 Å². The Morgan fingerprint density at radius 3 is 2.70 bits per heavy atom. The van der Waals surface area contributed by atoms with Crippen molar-refractivity contribution in [2.45, 2.75) is 51.4 Å². The van der Waals surface area contributed by atoms with Crippen molar-refractivity contribution in [1.29, 1.82) is 0 Å². The van der Waals surface area contributed by atoms with Crippen molar-refractivity contribution in [2.24, 2.45) is 28.6 Å². The van der Waals surface area contributed by atoms with Gasteiger partial charge in [0.1, 0.15) is 0 Å². The lowest BCUT2D eigenvalue weighted by molar-refractivity contribution is -0.0911. The minimum absolute atomic E-state index is 0.0155. The normalized spacial score (nSPS) is 54.2. The molecule has 0 bridgehead atoms. The maximum Gasteiger partial charge on any atom is 0.0792 e. The zero-order chi connectivity index (χ0) is 16.4. The lowest BCUT2D eigenvalue weighted by Gasteiger charge is -2.57. The third-order valence-electron chi connectivity index (χ3n) is 7.38. The molecule has 3 nitrogen and oxygen atoms in total. The summed E-state index contributed by atoms with van der Waals surface area (Å²) in [6.07, 6.45) is 12.9. The number of methoxy groups -OCH3 is 1. The Morgan fingerprint density at radius 1 is 1.17 bits per heavy atom. The van der Waals surface area contributed by atoms with Crippen molar-refractivity contribution in [2.75, 3.05) is 7.11 Å². The van der Waals surface area contributed by atoms with Crippen LogP contribution in [0.25, 0.3) is 0 Å². The van der Waals surface area contributed by atoms with Crippen LogP contribution in [0.3, 0.4) is 0 Å². The Morgan fingerprint density at radius 2 is 1.96 bits per heavy atom. The highest BCUT2D eigenvalue weighted by Gasteiger charge is 2.58. The first-order chi connectivity index (χ1) is 10.9. The zero-order valence-corrected chi connectivity index (χ0v) is 14.3. The molecule has 1 saturated carbocycles. The molecule has 3 heteroatoms. The third-order valence-corrected chi connectivity index (χ3v) is 7.38. The van der Waals surface area contributed by atoms with Crippen molar-refractivity contribution in [3.63, 3.8) is 0 Å². The zero-order valence-electron chi connectivity index (χ0n) is 14.3. The number of aliphatic hydroxyl groups excluding tert-OH is 2. The molecule has 23 heavy (non-hydrogen) atoms. The number of fused-ring (bicyclic) bond motifs is 5. The number of rotatable bonds is 1. The maximum atomic E-state index is 10.5. The second-order valence-corrected chi connectivity index (χ2v) is 8.39. The first-order valence-corrected chi connectivity index (χ1v) is 8.88. The summed E-state index contributed by atoms with van der Waals surface area (Å²) in [5.74, 6) is 1.25. The van der Waals surface area contributed by atoms with Crippen molar-refractivity contribution in [1.82, 2.24) is 0 Å². The van der Waals surface area contributed by atoms with Gasteiger partial charge in [-0.1, -0.05) is 49.8 Å². The summed E-state index contributed by atoms with van der Waals surface area (Å²) in [6.45, 7) is 4.55. The van der Waals surface area contributed by atoms with Gasteiger partial charge in [0, 0.05) is 17.9 Å². The number of ether oxygens (including phenoxy) is 1. The van der Waals surface area contributed by atoms with Crippen LogP contribution in [0, 0.1) is 28.6 Å². The Hall–Kier alpha value is -0.900. The van der Waals surface area contributed by atoms with E-state index in [1.807, 2.05) is 12.2 Å².